The van der Waals surface area contributed by atoms with Crippen molar-refractivity contribution < 1.29 is 4.79 Å². The fraction of sp³-hybridized carbons (Fsp3) is 0.261. The number of urea groups is 1. The van der Waals surface area contributed by atoms with Gasteiger partial charge in [0.25, 0.3) is 0 Å². The predicted molar refractivity (Wildman–Crippen MR) is 127 cm³/mol. The van der Waals surface area contributed by atoms with Crippen molar-refractivity contribution in [2.75, 3.05) is 28.6 Å². The maximum Gasteiger partial charge on any atom is 0.323 e. The number of aromatic nitrogens is 2. The Labute approximate surface area is 191 Å². The maximum atomic E-state index is 12.3. The monoisotopic (exact) mass is 455 g/mol. The Morgan fingerprint density at radius 3 is 2.35 bits per heavy atom. The van der Waals surface area contributed by atoms with Gasteiger partial charge in [0.15, 0.2) is 5.82 Å². The summed E-state index contributed by atoms with van der Waals surface area (Å²) < 4.78 is 0. The second-order valence-electron chi connectivity index (χ2n) is 7.74. The van der Waals surface area contributed by atoms with Gasteiger partial charge in [-0.1, -0.05) is 42.3 Å². The van der Waals surface area contributed by atoms with Crippen LogP contribution in [-0.2, 0) is 0 Å². The van der Waals surface area contributed by atoms with E-state index in [2.05, 4.69) is 32.7 Å². The minimum atomic E-state index is -0.378. The van der Waals surface area contributed by atoms with E-state index in [0.717, 1.165) is 36.1 Å². The summed E-state index contributed by atoms with van der Waals surface area (Å²) in [5, 5.41) is 15.2. The molecule has 1 saturated heterocycles. The van der Waals surface area contributed by atoms with Crippen LogP contribution in [0.15, 0.2) is 54.6 Å². The molecule has 1 aliphatic rings. The Morgan fingerprint density at radius 2 is 1.68 bits per heavy atom. The highest BCUT2D eigenvalue weighted by atomic mass is 35.5. The molecule has 0 radical (unpaired) electrons. The topological polar surface area (TPSA) is 70.2 Å². The van der Waals surface area contributed by atoms with Crippen LogP contribution in [0.5, 0.6) is 0 Å². The van der Waals surface area contributed by atoms with E-state index in [9.17, 15) is 4.79 Å². The molecule has 0 bridgehead atoms. The number of amides is 2. The summed E-state index contributed by atoms with van der Waals surface area (Å²) in [7, 11) is 0. The Morgan fingerprint density at radius 1 is 0.935 bits per heavy atom. The van der Waals surface area contributed by atoms with Gasteiger partial charge < -0.3 is 15.5 Å². The molecule has 31 heavy (non-hydrogen) atoms. The summed E-state index contributed by atoms with van der Waals surface area (Å²) in [6, 6.07) is 16.0. The van der Waals surface area contributed by atoms with Crippen molar-refractivity contribution in [3.63, 3.8) is 0 Å². The van der Waals surface area contributed by atoms with E-state index in [0.29, 0.717) is 21.4 Å². The van der Waals surface area contributed by atoms with Gasteiger partial charge in [-0.05, 0) is 61.2 Å². The number of nitrogens with zero attached hydrogens (tertiary/aromatic N) is 3. The Kier molecular flexibility index (Phi) is 6.59. The third-order valence-electron chi connectivity index (χ3n) is 5.35. The number of benzene rings is 2. The second-order valence-corrected chi connectivity index (χ2v) is 8.55. The zero-order chi connectivity index (χ0) is 21.8. The van der Waals surface area contributed by atoms with Crippen molar-refractivity contribution in [3.05, 3.63) is 64.6 Å². The van der Waals surface area contributed by atoms with E-state index >= 15 is 0 Å². The molecule has 1 aromatic heterocycles. The molecule has 2 N–H and O–H groups in total. The van der Waals surface area contributed by atoms with Gasteiger partial charge in [-0.15, -0.1) is 10.2 Å². The fourth-order valence-electron chi connectivity index (χ4n) is 3.51. The van der Waals surface area contributed by atoms with Gasteiger partial charge in [0.2, 0.25) is 0 Å². The molecule has 0 aliphatic carbocycles. The van der Waals surface area contributed by atoms with E-state index in [1.54, 1.807) is 18.2 Å². The van der Waals surface area contributed by atoms with Crippen LogP contribution < -0.4 is 15.5 Å². The van der Waals surface area contributed by atoms with E-state index in [-0.39, 0.29) is 6.03 Å². The van der Waals surface area contributed by atoms with Gasteiger partial charge in [-0.2, -0.15) is 0 Å². The molecule has 4 rings (SSSR count). The molecule has 3 aromatic rings. The first-order valence-electron chi connectivity index (χ1n) is 10.2. The highest BCUT2D eigenvalue weighted by Crippen LogP contribution is 2.26. The molecule has 0 spiro atoms. The van der Waals surface area contributed by atoms with Crippen LogP contribution in [0.25, 0.3) is 11.3 Å². The number of carbonyl (C=O) groups excluding carboxylic acids is 1. The predicted octanol–water partition coefficient (Wildman–Crippen LogP) is 6.33. The first-order valence-corrected chi connectivity index (χ1v) is 11.0. The molecule has 0 unspecified atom stereocenters. The van der Waals surface area contributed by atoms with Gasteiger partial charge in [0.1, 0.15) is 0 Å². The molecular formula is C23H23Cl2N5O. The van der Waals surface area contributed by atoms with Gasteiger partial charge in [0, 0.05) is 30.0 Å². The van der Waals surface area contributed by atoms with Crippen molar-refractivity contribution in [1.82, 2.24) is 10.2 Å². The molecule has 2 heterocycles. The van der Waals surface area contributed by atoms with Crippen molar-refractivity contribution in [3.8, 4) is 11.3 Å². The number of hydrogen-bond acceptors (Lipinski definition) is 4. The summed E-state index contributed by atoms with van der Waals surface area (Å²) >= 11 is 11.9. The van der Waals surface area contributed by atoms with Crippen LogP contribution in [0.3, 0.4) is 0 Å². The van der Waals surface area contributed by atoms with Crippen molar-refractivity contribution in [1.29, 1.82) is 0 Å². The molecule has 0 atom stereocenters. The Bertz CT molecular complexity index is 1070. The molecule has 2 amide bonds. The molecule has 160 valence electrons. The highest BCUT2D eigenvalue weighted by molar-refractivity contribution is 6.42. The molecule has 1 fully saturated rings. The maximum absolute atomic E-state index is 12.3. The SMILES string of the molecule is CC1CCN(c2ccc(-c3cccc(NC(=O)Nc4ccc(Cl)c(Cl)c4)c3)nn2)CC1. The number of rotatable bonds is 4. The summed E-state index contributed by atoms with van der Waals surface area (Å²) in [5.41, 5.74) is 2.82. The lowest BCUT2D eigenvalue weighted by Crippen LogP contribution is -2.33. The number of hydrogen-bond donors (Lipinski definition) is 2. The zero-order valence-electron chi connectivity index (χ0n) is 17.1. The summed E-state index contributed by atoms with van der Waals surface area (Å²) in [4.78, 5) is 14.6. The third kappa shape index (κ3) is 5.46. The second kappa shape index (κ2) is 9.54. The van der Waals surface area contributed by atoms with Crippen molar-refractivity contribution in [2.24, 2.45) is 5.92 Å². The zero-order valence-corrected chi connectivity index (χ0v) is 18.6. The number of piperidine rings is 1. The van der Waals surface area contributed by atoms with Gasteiger partial charge in [0.05, 0.1) is 15.7 Å². The number of carbonyl (C=O) groups is 1. The molecular weight excluding hydrogens is 433 g/mol. The lowest BCUT2D eigenvalue weighted by molar-refractivity contribution is 0.262. The largest absolute Gasteiger partial charge is 0.355 e. The quantitative estimate of drug-likeness (QED) is 0.481. The smallest absolute Gasteiger partial charge is 0.323 e. The van der Waals surface area contributed by atoms with E-state index in [1.165, 1.54) is 12.8 Å². The normalized spacial score (nSPS) is 14.4. The summed E-state index contributed by atoms with van der Waals surface area (Å²) in [5.74, 6) is 1.68. The Hall–Kier alpha value is -2.83. The first kappa shape index (κ1) is 21.4. The molecule has 8 heteroatoms. The average Bonchev–Trinajstić information content (AvgIpc) is 2.77. The van der Waals surface area contributed by atoms with E-state index in [1.807, 2.05) is 36.4 Å². The van der Waals surface area contributed by atoms with Crippen LogP contribution in [0.4, 0.5) is 22.0 Å². The minimum absolute atomic E-state index is 0.377. The molecule has 0 saturated carbocycles. The van der Waals surface area contributed by atoms with Crippen molar-refractivity contribution >= 4 is 46.4 Å². The van der Waals surface area contributed by atoms with Crippen LogP contribution in [0, 0.1) is 5.92 Å². The van der Waals surface area contributed by atoms with Crippen LogP contribution >= 0.6 is 23.2 Å². The first-order chi connectivity index (χ1) is 15.0. The van der Waals surface area contributed by atoms with Gasteiger partial charge in [-0.25, -0.2) is 4.79 Å². The molecule has 1 aliphatic heterocycles. The van der Waals surface area contributed by atoms with E-state index < -0.39 is 0 Å². The minimum Gasteiger partial charge on any atom is -0.355 e. The molecule has 2 aromatic carbocycles. The highest BCUT2D eigenvalue weighted by Gasteiger charge is 2.17. The number of anilines is 3. The van der Waals surface area contributed by atoms with Crippen molar-refractivity contribution in [2.45, 2.75) is 19.8 Å². The van der Waals surface area contributed by atoms with Gasteiger partial charge in [-0.3, -0.25) is 0 Å². The summed E-state index contributed by atoms with van der Waals surface area (Å²) in [6.07, 6.45) is 2.36. The van der Waals surface area contributed by atoms with Crippen LogP contribution in [0.1, 0.15) is 19.8 Å². The summed E-state index contributed by atoms with van der Waals surface area (Å²) in [6.45, 7) is 4.32. The Balaban J connectivity index is 1.41. The number of halogens is 2. The lowest BCUT2D eigenvalue weighted by Gasteiger charge is -2.30. The number of nitrogens with one attached hydrogen (secondary N) is 2. The average molecular weight is 456 g/mol. The van der Waals surface area contributed by atoms with Crippen LogP contribution in [0.2, 0.25) is 10.0 Å². The third-order valence-corrected chi connectivity index (χ3v) is 6.09. The molecule has 6 nitrogen and oxygen atoms in total. The fourth-order valence-corrected chi connectivity index (χ4v) is 3.81. The van der Waals surface area contributed by atoms with Crippen LogP contribution in [-0.4, -0.2) is 29.3 Å². The standard InChI is InChI=1S/C23H23Cl2N5O/c1-15-9-11-30(12-10-15)22-8-7-21(28-29-22)16-3-2-4-17(13-16)26-23(31)27-18-5-6-19(24)20(25)14-18/h2-8,13-15H,9-12H2,1H3,(H2,26,27,31). The van der Waals surface area contributed by atoms with E-state index in [4.69, 9.17) is 23.2 Å². The lowest BCUT2D eigenvalue weighted by atomic mass is 9.99. The van der Waals surface area contributed by atoms with Gasteiger partial charge >= 0.3 is 6.03 Å².